The molecule has 132 valence electrons. The van der Waals surface area contributed by atoms with Crippen molar-refractivity contribution in [2.75, 3.05) is 12.4 Å². The molecule has 0 unspecified atom stereocenters. The number of nitrogens with zero attached hydrogens (tertiary/aromatic N) is 1. The van der Waals surface area contributed by atoms with E-state index >= 15 is 0 Å². The number of anilines is 1. The average molecular weight is 360 g/mol. The smallest absolute Gasteiger partial charge is 0.351 e. The zero-order valence-electron chi connectivity index (χ0n) is 14.5. The van der Waals surface area contributed by atoms with E-state index in [4.69, 9.17) is 0 Å². The van der Waals surface area contributed by atoms with Crippen LogP contribution in [0.1, 0.15) is 16.8 Å². The summed E-state index contributed by atoms with van der Waals surface area (Å²) in [5.74, 6) is -0.516. The summed E-state index contributed by atoms with van der Waals surface area (Å²) in [5.41, 5.74) is 2.25. The minimum Gasteiger partial charge on any atom is -0.465 e. The number of pyridine rings is 1. The van der Waals surface area contributed by atoms with Crippen LogP contribution in [0.5, 0.6) is 0 Å². The molecule has 25 heavy (non-hydrogen) atoms. The van der Waals surface area contributed by atoms with Crippen molar-refractivity contribution in [3.05, 3.63) is 64.3 Å². The predicted octanol–water partition coefficient (Wildman–Crippen LogP) is 2.91. The first-order valence-corrected chi connectivity index (χ1v) is 9.05. The summed E-state index contributed by atoms with van der Waals surface area (Å²) >= 11 is 0. The Hall–Kier alpha value is -2.67. The summed E-state index contributed by atoms with van der Waals surface area (Å²) in [6.07, 6.45) is 1.11. The Kier molecular flexibility index (Phi) is 5.58. The number of sulfone groups is 1. The predicted molar refractivity (Wildman–Crippen MR) is 95.8 cm³/mol. The molecule has 0 aliphatic carbocycles. The normalized spacial score (nSPS) is 11.9. The molecule has 6 nitrogen and oxygen atoms in total. The maximum absolute atomic E-state index is 12.9. The SMILES string of the molecule is COC(=O)/C(=C\Nc1cccc(C)n1)S(=O)(=O)c1ccc(C)cc1C. The second-order valence-corrected chi connectivity index (χ2v) is 7.47. The lowest BCUT2D eigenvalue weighted by Crippen LogP contribution is -2.18. The Morgan fingerprint density at radius 1 is 1.16 bits per heavy atom. The van der Waals surface area contributed by atoms with E-state index in [9.17, 15) is 13.2 Å². The van der Waals surface area contributed by atoms with Gasteiger partial charge in [0.15, 0.2) is 4.91 Å². The quantitative estimate of drug-likeness (QED) is 0.652. The fraction of sp³-hybridized carbons (Fsp3) is 0.222. The number of methoxy groups -OCH3 is 1. The number of carbonyl (C=O) groups excluding carboxylic acids is 1. The number of carbonyl (C=O) groups is 1. The number of nitrogens with one attached hydrogen (secondary N) is 1. The Morgan fingerprint density at radius 2 is 1.88 bits per heavy atom. The number of benzene rings is 1. The molecule has 0 aliphatic heterocycles. The largest absolute Gasteiger partial charge is 0.465 e. The standard InChI is InChI=1S/C18H20N2O4S/c1-12-8-9-15(13(2)10-12)25(22,23)16(18(21)24-4)11-19-17-7-5-6-14(3)20-17/h5-11H,1-4H3,(H,19,20)/b16-11+. The fourth-order valence-corrected chi connectivity index (χ4v) is 3.81. The number of aromatic nitrogens is 1. The first-order valence-electron chi connectivity index (χ1n) is 7.56. The Bertz CT molecular complexity index is 934. The van der Waals surface area contributed by atoms with Crippen LogP contribution in [-0.2, 0) is 19.4 Å². The monoisotopic (exact) mass is 360 g/mol. The molecular weight excluding hydrogens is 340 g/mol. The van der Waals surface area contributed by atoms with Crippen molar-refractivity contribution < 1.29 is 17.9 Å². The van der Waals surface area contributed by atoms with Gasteiger partial charge in [-0.05, 0) is 44.5 Å². The molecule has 0 bridgehead atoms. The van der Waals surface area contributed by atoms with Crippen molar-refractivity contribution in [2.24, 2.45) is 0 Å². The Labute approximate surface area is 147 Å². The van der Waals surface area contributed by atoms with Gasteiger partial charge in [-0.25, -0.2) is 18.2 Å². The molecule has 0 fully saturated rings. The van der Waals surface area contributed by atoms with Gasteiger partial charge in [-0.1, -0.05) is 23.8 Å². The number of hydrogen-bond donors (Lipinski definition) is 1. The van der Waals surface area contributed by atoms with Crippen molar-refractivity contribution in [1.29, 1.82) is 0 Å². The van der Waals surface area contributed by atoms with Crippen LogP contribution in [0.3, 0.4) is 0 Å². The molecule has 0 aliphatic rings. The summed E-state index contributed by atoms with van der Waals surface area (Å²) in [4.78, 5) is 15.9. The maximum Gasteiger partial charge on any atom is 0.351 e. The molecule has 7 heteroatoms. The molecule has 0 radical (unpaired) electrons. The van der Waals surface area contributed by atoms with Gasteiger partial charge in [0, 0.05) is 11.9 Å². The molecule has 0 atom stereocenters. The molecule has 2 rings (SSSR count). The van der Waals surface area contributed by atoms with Crippen molar-refractivity contribution in [3.63, 3.8) is 0 Å². The van der Waals surface area contributed by atoms with E-state index in [-0.39, 0.29) is 4.90 Å². The van der Waals surface area contributed by atoms with E-state index in [1.54, 1.807) is 31.2 Å². The van der Waals surface area contributed by atoms with Crippen LogP contribution in [0, 0.1) is 20.8 Å². The molecule has 0 spiro atoms. The van der Waals surface area contributed by atoms with Crippen molar-refractivity contribution in [2.45, 2.75) is 25.7 Å². The van der Waals surface area contributed by atoms with Crippen LogP contribution in [0.2, 0.25) is 0 Å². The highest BCUT2D eigenvalue weighted by Gasteiger charge is 2.29. The van der Waals surface area contributed by atoms with Gasteiger partial charge >= 0.3 is 5.97 Å². The summed E-state index contributed by atoms with van der Waals surface area (Å²) in [6.45, 7) is 5.36. The summed E-state index contributed by atoms with van der Waals surface area (Å²) in [6, 6.07) is 10.2. The summed E-state index contributed by atoms with van der Waals surface area (Å²) in [5, 5.41) is 2.75. The minimum atomic E-state index is -4.04. The van der Waals surface area contributed by atoms with Crippen molar-refractivity contribution in [1.82, 2.24) is 4.98 Å². The topological polar surface area (TPSA) is 85.4 Å². The van der Waals surface area contributed by atoms with Crippen molar-refractivity contribution in [3.8, 4) is 0 Å². The number of rotatable bonds is 5. The van der Waals surface area contributed by atoms with Crippen LogP contribution in [0.25, 0.3) is 0 Å². The molecule has 2 aromatic rings. The molecule has 1 heterocycles. The summed E-state index contributed by atoms with van der Waals surface area (Å²) < 4.78 is 30.5. The third kappa shape index (κ3) is 4.24. The first-order chi connectivity index (χ1) is 11.8. The highest BCUT2D eigenvalue weighted by Crippen LogP contribution is 2.24. The second kappa shape index (κ2) is 7.48. The zero-order chi connectivity index (χ0) is 18.6. The molecule has 0 amide bonds. The lowest BCUT2D eigenvalue weighted by molar-refractivity contribution is -0.135. The third-order valence-electron chi connectivity index (χ3n) is 3.54. The number of ether oxygens (including phenoxy) is 1. The van der Waals surface area contributed by atoms with Gasteiger partial charge in [0.2, 0.25) is 9.84 Å². The molecule has 1 N–H and O–H groups in total. The third-order valence-corrected chi connectivity index (χ3v) is 5.44. The van der Waals surface area contributed by atoms with Gasteiger partial charge in [-0.2, -0.15) is 0 Å². The molecular formula is C18H20N2O4S. The minimum absolute atomic E-state index is 0.0637. The van der Waals surface area contributed by atoms with Gasteiger partial charge < -0.3 is 10.1 Å². The van der Waals surface area contributed by atoms with Gasteiger partial charge in [0.1, 0.15) is 5.82 Å². The highest BCUT2D eigenvalue weighted by atomic mass is 32.2. The van der Waals surface area contributed by atoms with Crippen LogP contribution >= 0.6 is 0 Å². The van der Waals surface area contributed by atoms with Gasteiger partial charge in [0.05, 0.1) is 12.0 Å². The molecule has 1 aromatic heterocycles. The van der Waals surface area contributed by atoms with Crippen LogP contribution < -0.4 is 5.32 Å². The van der Waals surface area contributed by atoms with E-state index in [1.165, 1.54) is 6.07 Å². The maximum atomic E-state index is 12.9. The Morgan fingerprint density at radius 3 is 2.48 bits per heavy atom. The second-order valence-electron chi connectivity index (χ2n) is 5.58. The van der Waals surface area contributed by atoms with E-state index in [0.717, 1.165) is 24.6 Å². The molecule has 0 saturated carbocycles. The molecule has 0 saturated heterocycles. The van der Waals surface area contributed by atoms with E-state index in [2.05, 4.69) is 15.0 Å². The fourth-order valence-electron chi connectivity index (χ4n) is 2.33. The Balaban J connectivity index is 2.49. The number of aryl methyl sites for hydroxylation is 3. The van der Waals surface area contributed by atoms with E-state index < -0.39 is 20.7 Å². The van der Waals surface area contributed by atoms with Gasteiger partial charge in [0.25, 0.3) is 0 Å². The zero-order valence-corrected chi connectivity index (χ0v) is 15.3. The number of esters is 1. The average Bonchev–Trinajstić information content (AvgIpc) is 2.54. The highest BCUT2D eigenvalue weighted by molar-refractivity contribution is 7.96. The summed E-state index contributed by atoms with van der Waals surface area (Å²) in [7, 11) is -2.91. The lowest BCUT2D eigenvalue weighted by Gasteiger charge is -2.11. The van der Waals surface area contributed by atoms with Gasteiger partial charge in [-0.15, -0.1) is 0 Å². The van der Waals surface area contributed by atoms with Crippen LogP contribution in [-0.4, -0.2) is 26.5 Å². The van der Waals surface area contributed by atoms with Crippen molar-refractivity contribution >= 4 is 21.6 Å². The van der Waals surface area contributed by atoms with E-state index in [0.29, 0.717) is 11.4 Å². The van der Waals surface area contributed by atoms with E-state index in [1.807, 2.05) is 19.9 Å². The van der Waals surface area contributed by atoms with Crippen LogP contribution in [0.4, 0.5) is 5.82 Å². The first kappa shape index (κ1) is 18.7. The molecule has 1 aromatic carbocycles. The lowest BCUT2D eigenvalue weighted by atomic mass is 10.2. The number of hydrogen-bond acceptors (Lipinski definition) is 6. The van der Waals surface area contributed by atoms with Crippen LogP contribution in [0.15, 0.2) is 52.4 Å². The van der Waals surface area contributed by atoms with Gasteiger partial charge in [-0.3, -0.25) is 0 Å².